The predicted molar refractivity (Wildman–Crippen MR) is 87.1 cm³/mol. The molecule has 0 atom stereocenters. The molecule has 0 radical (unpaired) electrons. The number of hydrogen-bond acceptors (Lipinski definition) is 4. The summed E-state index contributed by atoms with van der Waals surface area (Å²) < 4.78 is 5.53. The lowest BCUT2D eigenvalue weighted by Crippen LogP contribution is -2.47. The van der Waals surface area contributed by atoms with Crippen molar-refractivity contribution in [3.8, 4) is 0 Å². The molecule has 2 rings (SSSR count). The molecule has 5 nitrogen and oxygen atoms in total. The minimum absolute atomic E-state index is 0.197. The van der Waals surface area contributed by atoms with E-state index in [0.29, 0.717) is 36.0 Å². The zero-order chi connectivity index (χ0) is 15.2. The van der Waals surface area contributed by atoms with Crippen LogP contribution in [0.2, 0.25) is 0 Å². The molecule has 0 bridgehead atoms. The minimum atomic E-state index is 0.197. The molecule has 1 heterocycles. The molecule has 6 heteroatoms. The first-order valence-electron chi connectivity index (χ1n) is 7.98. The van der Waals surface area contributed by atoms with Gasteiger partial charge in [-0.25, -0.2) is 0 Å². The second-order valence-electron chi connectivity index (χ2n) is 6.20. The zero-order valence-corrected chi connectivity index (χ0v) is 13.7. The Kier molecular flexibility index (Phi) is 6.39. The van der Waals surface area contributed by atoms with Gasteiger partial charge in [-0.2, -0.15) is 0 Å². The zero-order valence-electron chi connectivity index (χ0n) is 12.8. The Morgan fingerprint density at radius 1 is 1.38 bits per heavy atom. The van der Waals surface area contributed by atoms with E-state index in [1.807, 2.05) is 6.92 Å². The molecule has 0 aromatic heterocycles. The van der Waals surface area contributed by atoms with E-state index in [2.05, 4.69) is 10.2 Å². The monoisotopic (exact) mass is 313 g/mol. The van der Waals surface area contributed by atoms with Gasteiger partial charge in [-0.1, -0.05) is 12.2 Å². The topological polar surface area (TPSA) is 67.6 Å². The fourth-order valence-corrected chi connectivity index (χ4v) is 3.40. The summed E-state index contributed by atoms with van der Waals surface area (Å²) in [5, 5.41) is 3.17. The molecule has 2 fully saturated rings. The van der Waals surface area contributed by atoms with E-state index < -0.39 is 0 Å². The van der Waals surface area contributed by atoms with E-state index in [0.717, 1.165) is 45.4 Å². The first-order chi connectivity index (χ1) is 10.1. The molecule has 1 aliphatic carbocycles. The molecular weight excluding hydrogens is 286 g/mol. The van der Waals surface area contributed by atoms with Crippen molar-refractivity contribution >= 4 is 23.1 Å². The van der Waals surface area contributed by atoms with Crippen LogP contribution in [-0.4, -0.2) is 54.2 Å². The summed E-state index contributed by atoms with van der Waals surface area (Å²) in [5.74, 6) is 0.707. The normalized spacial score (nSPS) is 27.1. The van der Waals surface area contributed by atoms with E-state index in [1.54, 1.807) is 0 Å². The Morgan fingerprint density at radius 3 is 2.62 bits per heavy atom. The molecule has 1 saturated carbocycles. The lowest BCUT2D eigenvalue weighted by atomic mass is 9.80. The maximum atomic E-state index is 12.0. The number of nitrogens with zero attached hydrogens (tertiary/aromatic N) is 1. The predicted octanol–water partition coefficient (Wildman–Crippen LogP) is 1.06. The molecule has 21 heavy (non-hydrogen) atoms. The van der Waals surface area contributed by atoms with Gasteiger partial charge in [-0.15, -0.1) is 0 Å². The summed E-state index contributed by atoms with van der Waals surface area (Å²) in [6, 6.07) is 0.308. The average molecular weight is 313 g/mol. The summed E-state index contributed by atoms with van der Waals surface area (Å²) in [6.07, 6.45) is 5.08. The maximum absolute atomic E-state index is 12.0. The van der Waals surface area contributed by atoms with Gasteiger partial charge in [-0.05, 0) is 38.5 Å². The lowest BCUT2D eigenvalue weighted by molar-refractivity contribution is -0.125. The van der Waals surface area contributed by atoms with E-state index in [1.165, 1.54) is 0 Å². The average Bonchev–Trinajstić information content (AvgIpc) is 2.38. The molecular formula is C15H27N3O2S. The number of rotatable bonds is 7. The van der Waals surface area contributed by atoms with Crippen LogP contribution in [0.5, 0.6) is 0 Å². The number of ether oxygens (including phenoxy) is 1. The van der Waals surface area contributed by atoms with Crippen LogP contribution in [0.15, 0.2) is 0 Å². The van der Waals surface area contributed by atoms with Gasteiger partial charge in [0.1, 0.15) is 0 Å². The fourth-order valence-electron chi connectivity index (χ4n) is 3.22. The standard InChI is InChI=1S/C15H27N3O2S/c1-2-20-13-7-11(8-13)9-15(19)17-12-3-5-18(6-4-12)10-14(16)21/h11-13H,2-10H2,1H3,(H2,16,21)(H,17,19). The Hall–Kier alpha value is -0.720. The molecule has 0 unspecified atom stereocenters. The number of carbonyl (C=O) groups is 1. The third kappa shape index (κ3) is 5.52. The molecule has 2 aliphatic rings. The van der Waals surface area contributed by atoms with Gasteiger partial charge in [0.25, 0.3) is 0 Å². The van der Waals surface area contributed by atoms with Crippen LogP contribution in [0.4, 0.5) is 0 Å². The summed E-state index contributed by atoms with van der Waals surface area (Å²) in [4.78, 5) is 14.8. The van der Waals surface area contributed by atoms with Gasteiger partial charge >= 0.3 is 0 Å². The van der Waals surface area contributed by atoms with Crippen molar-refractivity contribution in [1.82, 2.24) is 10.2 Å². The second kappa shape index (κ2) is 8.06. The number of hydrogen-bond donors (Lipinski definition) is 2. The maximum Gasteiger partial charge on any atom is 0.220 e. The Morgan fingerprint density at radius 2 is 2.05 bits per heavy atom. The van der Waals surface area contributed by atoms with Crippen molar-refractivity contribution in [2.45, 2.75) is 51.2 Å². The number of nitrogens with one attached hydrogen (secondary N) is 1. The van der Waals surface area contributed by atoms with Crippen LogP contribution in [-0.2, 0) is 9.53 Å². The van der Waals surface area contributed by atoms with Crippen molar-refractivity contribution < 1.29 is 9.53 Å². The van der Waals surface area contributed by atoms with Gasteiger partial charge in [0.05, 0.1) is 11.1 Å². The lowest BCUT2D eigenvalue weighted by Gasteiger charge is -2.35. The summed E-state index contributed by atoms with van der Waals surface area (Å²) in [6.45, 7) is 5.39. The van der Waals surface area contributed by atoms with Crippen LogP contribution < -0.4 is 11.1 Å². The van der Waals surface area contributed by atoms with Gasteiger partial charge in [0.2, 0.25) is 5.91 Å². The number of amides is 1. The smallest absolute Gasteiger partial charge is 0.220 e. The minimum Gasteiger partial charge on any atom is -0.392 e. The number of thiocarbonyl (C=S) groups is 1. The quantitative estimate of drug-likeness (QED) is 0.688. The van der Waals surface area contributed by atoms with Crippen LogP contribution >= 0.6 is 12.2 Å². The molecule has 0 aromatic carbocycles. The molecule has 0 spiro atoms. The van der Waals surface area contributed by atoms with E-state index in [9.17, 15) is 4.79 Å². The SMILES string of the molecule is CCOC1CC(CC(=O)NC2CCN(CC(N)=S)CC2)C1. The highest BCUT2D eigenvalue weighted by molar-refractivity contribution is 7.80. The van der Waals surface area contributed by atoms with Crippen molar-refractivity contribution in [2.75, 3.05) is 26.2 Å². The Bertz CT molecular complexity index is 364. The highest BCUT2D eigenvalue weighted by Gasteiger charge is 2.31. The Balaban J connectivity index is 1.58. The number of piperidine rings is 1. The summed E-state index contributed by atoms with van der Waals surface area (Å²) in [7, 11) is 0. The molecule has 0 aromatic rings. The molecule has 3 N–H and O–H groups in total. The first-order valence-corrected chi connectivity index (χ1v) is 8.39. The van der Waals surface area contributed by atoms with Gasteiger partial charge in [0.15, 0.2) is 0 Å². The number of carbonyl (C=O) groups excluding carboxylic acids is 1. The molecule has 120 valence electrons. The number of nitrogens with two attached hydrogens (primary N) is 1. The van der Waals surface area contributed by atoms with Crippen LogP contribution in [0.3, 0.4) is 0 Å². The molecule has 1 amide bonds. The van der Waals surface area contributed by atoms with Gasteiger partial charge < -0.3 is 15.8 Å². The highest BCUT2D eigenvalue weighted by atomic mass is 32.1. The van der Waals surface area contributed by atoms with Crippen molar-refractivity contribution in [3.05, 3.63) is 0 Å². The number of likely N-dealkylation sites (tertiary alicyclic amines) is 1. The van der Waals surface area contributed by atoms with Crippen LogP contribution in [0.1, 0.15) is 39.0 Å². The summed E-state index contributed by atoms with van der Waals surface area (Å²) in [5.41, 5.74) is 5.56. The summed E-state index contributed by atoms with van der Waals surface area (Å²) >= 11 is 4.93. The molecule has 1 saturated heterocycles. The third-order valence-corrected chi connectivity index (χ3v) is 4.53. The Labute approximate surface area is 132 Å². The second-order valence-corrected chi connectivity index (χ2v) is 6.73. The van der Waals surface area contributed by atoms with Crippen molar-refractivity contribution in [3.63, 3.8) is 0 Å². The molecule has 1 aliphatic heterocycles. The third-order valence-electron chi connectivity index (χ3n) is 4.40. The largest absolute Gasteiger partial charge is 0.392 e. The van der Waals surface area contributed by atoms with E-state index in [4.69, 9.17) is 22.7 Å². The van der Waals surface area contributed by atoms with Crippen molar-refractivity contribution in [2.24, 2.45) is 11.7 Å². The fraction of sp³-hybridized carbons (Fsp3) is 0.867. The van der Waals surface area contributed by atoms with Crippen LogP contribution in [0.25, 0.3) is 0 Å². The highest BCUT2D eigenvalue weighted by Crippen LogP contribution is 2.32. The van der Waals surface area contributed by atoms with Gasteiger partial charge in [-0.3, -0.25) is 9.69 Å². The van der Waals surface area contributed by atoms with E-state index in [-0.39, 0.29) is 5.91 Å². The first kappa shape index (κ1) is 16.6. The van der Waals surface area contributed by atoms with E-state index >= 15 is 0 Å². The van der Waals surface area contributed by atoms with Crippen LogP contribution in [0, 0.1) is 5.92 Å². The van der Waals surface area contributed by atoms with Gasteiger partial charge in [0, 0.05) is 38.7 Å². The van der Waals surface area contributed by atoms with Crippen molar-refractivity contribution in [1.29, 1.82) is 0 Å².